The topological polar surface area (TPSA) is 63.0 Å². The van der Waals surface area contributed by atoms with Gasteiger partial charge >= 0.3 is 0 Å². The van der Waals surface area contributed by atoms with Gasteiger partial charge in [0.2, 0.25) is 0 Å². The molecule has 0 radical (unpaired) electrons. The lowest BCUT2D eigenvalue weighted by molar-refractivity contribution is 0.399. The summed E-state index contributed by atoms with van der Waals surface area (Å²) in [5, 5.41) is 10.3. The second kappa shape index (κ2) is 9.92. The first-order valence-corrected chi connectivity index (χ1v) is 11.6. The van der Waals surface area contributed by atoms with Crippen molar-refractivity contribution in [2.45, 2.75) is 78.8 Å². The Kier molecular flexibility index (Phi) is 7.50. The zero-order chi connectivity index (χ0) is 22.7. The molecule has 0 amide bonds. The van der Waals surface area contributed by atoms with E-state index >= 15 is 0 Å². The molecule has 0 bridgehead atoms. The van der Waals surface area contributed by atoms with Crippen LogP contribution >= 0.6 is 0 Å². The van der Waals surface area contributed by atoms with Crippen LogP contribution in [0.1, 0.15) is 81.5 Å². The van der Waals surface area contributed by atoms with Crippen LogP contribution in [0.4, 0.5) is 0 Å². The molecule has 0 saturated heterocycles. The summed E-state index contributed by atoms with van der Waals surface area (Å²) >= 11 is 0. The largest absolute Gasteiger partial charge is 0.400 e. The maximum atomic E-state index is 7.00. The van der Waals surface area contributed by atoms with Crippen molar-refractivity contribution in [2.24, 2.45) is 0 Å². The number of aryl methyl sites for hydroxylation is 2. The maximum Gasteiger partial charge on any atom is 0.0920 e. The first-order chi connectivity index (χ1) is 15.0. The molecule has 4 heterocycles. The fourth-order valence-electron chi connectivity index (χ4n) is 4.87. The highest BCUT2D eigenvalue weighted by atomic mass is 16.2. The van der Waals surface area contributed by atoms with Crippen LogP contribution in [0.2, 0.25) is 0 Å². The van der Waals surface area contributed by atoms with Crippen molar-refractivity contribution in [1.82, 2.24) is 19.9 Å². The molecule has 4 rings (SSSR count). The Morgan fingerprint density at radius 1 is 1.23 bits per heavy atom. The zero-order valence-electron chi connectivity index (χ0n) is 20.2. The van der Waals surface area contributed by atoms with Gasteiger partial charge in [0.05, 0.1) is 22.4 Å². The molecule has 5 heteroatoms. The van der Waals surface area contributed by atoms with Crippen LogP contribution in [-0.4, -0.2) is 33.8 Å². The highest BCUT2D eigenvalue weighted by Gasteiger charge is 2.25. The minimum atomic E-state index is 0. The van der Waals surface area contributed by atoms with E-state index in [9.17, 15) is 0 Å². The summed E-state index contributed by atoms with van der Waals surface area (Å²) in [4.78, 5) is 10.2. The molecular formula is C26H40N4O. The summed E-state index contributed by atoms with van der Waals surface area (Å²) in [6, 6.07) is 5.00. The van der Waals surface area contributed by atoms with E-state index in [-0.39, 0.29) is 1.43 Å². The van der Waals surface area contributed by atoms with Crippen molar-refractivity contribution in [2.75, 3.05) is 14.2 Å². The lowest BCUT2D eigenvalue weighted by atomic mass is 9.95. The minimum absolute atomic E-state index is 0. The highest BCUT2D eigenvalue weighted by molar-refractivity contribution is 5.88. The standard InChI is InChI=1S/C25H34N4.CH4O.H2/c1-7-18-9-8-10-19-17(5)24(28-23-16(4)14-29(18)25(19)23)20-11-12-21(15(2)3)27-22(20)13-26-6;1-2;/h11-12,14-15,18,26H,7-10,13H2,1-6H3;2H,1H3;1H/t18-;;/m0../s1. The van der Waals surface area contributed by atoms with Crippen molar-refractivity contribution in [1.29, 1.82) is 0 Å². The van der Waals surface area contributed by atoms with Crippen molar-refractivity contribution >= 4 is 11.0 Å². The number of nitrogens with zero attached hydrogens (tertiary/aromatic N) is 3. The molecule has 5 nitrogen and oxygen atoms in total. The summed E-state index contributed by atoms with van der Waals surface area (Å²) in [6.45, 7) is 11.9. The number of hydrogen-bond acceptors (Lipinski definition) is 4. The predicted molar refractivity (Wildman–Crippen MR) is 132 cm³/mol. The van der Waals surface area contributed by atoms with Crippen molar-refractivity contribution < 1.29 is 6.53 Å². The van der Waals surface area contributed by atoms with Gasteiger partial charge in [-0.3, -0.25) is 4.98 Å². The fraction of sp³-hybridized carbons (Fsp3) is 0.538. The van der Waals surface area contributed by atoms with E-state index < -0.39 is 0 Å². The number of pyridine rings is 2. The molecule has 0 saturated carbocycles. The third-order valence-corrected chi connectivity index (χ3v) is 6.52. The first-order valence-electron chi connectivity index (χ1n) is 11.6. The smallest absolute Gasteiger partial charge is 0.0920 e. The van der Waals surface area contributed by atoms with E-state index in [1.807, 2.05) is 7.05 Å². The summed E-state index contributed by atoms with van der Waals surface area (Å²) in [6.07, 6.45) is 7.14. The zero-order valence-corrected chi connectivity index (χ0v) is 20.2. The van der Waals surface area contributed by atoms with Gasteiger partial charge in [-0.15, -0.1) is 0 Å². The Morgan fingerprint density at radius 2 is 1.97 bits per heavy atom. The van der Waals surface area contributed by atoms with E-state index in [0.717, 1.165) is 37.2 Å². The number of hydrogen-bond donors (Lipinski definition) is 2. The Bertz CT molecular complexity index is 1060. The highest BCUT2D eigenvalue weighted by Crippen LogP contribution is 2.39. The van der Waals surface area contributed by atoms with Gasteiger partial charge < -0.3 is 15.0 Å². The average molecular weight is 425 g/mol. The molecule has 0 fully saturated rings. The van der Waals surface area contributed by atoms with Crippen LogP contribution in [0, 0.1) is 13.8 Å². The van der Waals surface area contributed by atoms with Gasteiger partial charge in [0.1, 0.15) is 0 Å². The minimum Gasteiger partial charge on any atom is -0.400 e. The molecular weight excluding hydrogens is 384 g/mol. The van der Waals surface area contributed by atoms with Gasteiger partial charge in [-0.1, -0.05) is 20.8 Å². The molecule has 1 aliphatic heterocycles. The van der Waals surface area contributed by atoms with Gasteiger partial charge in [-0.2, -0.15) is 0 Å². The monoisotopic (exact) mass is 424 g/mol. The lowest BCUT2D eigenvalue weighted by Crippen LogP contribution is -2.11. The van der Waals surface area contributed by atoms with Gasteiger partial charge in [-0.05, 0) is 81.3 Å². The van der Waals surface area contributed by atoms with Crippen LogP contribution < -0.4 is 5.32 Å². The van der Waals surface area contributed by atoms with E-state index in [4.69, 9.17) is 15.1 Å². The number of aliphatic hydroxyl groups is 1. The number of aliphatic hydroxyl groups excluding tert-OH is 1. The van der Waals surface area contributed by atoms with Crippen molar-refractivity contribution in [3.05, 3.63) is 46.4 Å². The normalized spacial score (nSPS) is 15.7. The van der Waals surface area contributed by atoms with Crippen molar-refractivity contribution in [3.8, 4) is 11.3 Å². The molecule has 0 spiro atoms. The quantitative estimate of drug-likeness (QED) is 0.551. The second-order valence-electron chi connectivity index (χ2n) is 8.85. The van der Waals surface area contributed by atoms with Crippen LogP contribution in [0.5, 0.6) is 0 Å². The summed E-state index contributed by atoms with van der Waals surface area (Å²) in [5.41, 5.74) is 11.1. The first kappa shape index (κ1) is 23.4. The molecule has 170 valence electrons. The van der Waals surface area contributed by atoms with Crippen molar-refractivity contribution in [3.63, 3.8) is 0 Å². The van der Waals surface area contributed by atoms with Gasteiger partial charge in [0.25, 0.3) is 0 Å². The average Bonchev–Trinajstić information content (AvgIpc) is 2.98. The third-order valence-electron chi connectivity index (χ3n) is 6.52. The SMILES string of the molecule is CC[C@H]1CCCc2c(C)c(-c3ccc(C(C)C)nc3CNC)nc3c(C)cn1c23.CO.[HH]. The Labute approximate surface area is 188 Å². The summed E-state index contributed by atoms with van der Waals surface area (Å²) in [7, 11) is 2.99. The van der Waals surface area contributed by atoms with Crippen LogP contribution in [0.15, 0.2) is 18.3 Å². The maximum absolute atomic E-state index is 7.00. The third kappa shape index (κ3) is 4.26. The summed E-state index contributed by atoms with van der Waals surface area (Å²) < 4.78 is 2.52. The van der Waals surface area contributed by atoms with Gasteiger partial charge in [0.15, 0.2) is 0 Å². The molecule has 0 aliphatic carbocycles. The second-order valence-corrected chi connectivity index (χ2v) is 8.85. The van der Waals surface area contributed by atoms with Crippen LogP contribution in [0.3, 0.4) is 0 Å². The predicted octanol–water partition coefficient (Wildman–Crippen LogP) is 5.70. The Morgan fingerprint density at radius 3 is 2.61 bits per heavy atom. The van der Waals surface area contributed by atoms with E-state index in [2.05, 4.69) is 62.8 Å². The van der Waals surface area contributed by atoms with Crippen LogP contribution in [0.25, 0.3) is 22.3 Å². The van der Waals surface area contributed by atoms with E-state index in [1.54, 1.807) is 0 Å². The molecule has 0 aromatic carbocycles. The van der Waals surface area contributed by atoms with Crippen LogP contribution in [-0.2, 0) is 13.0 Å². The Balaban J connectivity index is 0.00000118. The molecule has 1 atom stereocenters. The molecule has 2 N–H and O–H groups in total. The number of nitrogens with one attached hydrogen (secondary N) is 1. The fourth-order valence-corrected chi connectivity index (χ4v) is 4.87. The number of rotatable bonds is 5. The Hall–Kier alpha value is -2.24. The van der Waals surface area contributed by atoms with Gasteiger partial charge in [0, 0.05) is 38.6 Å². The van der Waals surface area contributed by atoms with Gasteiger partial charge in [-0.25, -0.2) is 4.98 Å². The molecule has 3 aromatic heterocycles. The van der Waals surface area contributed by atoms with E-state index in [1.165, 1.54) is 52.5 Å². The summed E-state index contributed by atoms with van der Waals surface area (Å²) in [5.74, 6) is 0.420. The molecule has 31 heavy (non-hydrogen) atoms. The van der Waals surface area contributed by atoms with E-state index in [0.29, 0.717) is 12.0 Å². The molecule has 1 aliphatic rings. The molecule has 0 unspecified atom stereocenters. The number of aromatic nitrogens is 3. The molecule has 3 aromatic rings. The lowest BCUT2D eigenvalue weighted by Gasteiger charge is -2.18.